The molecule has 1 aliphatic heterocycles. The van der Waals surface area contributed by atoms with Crippen molar-refractivity contribution in [3.63, 3.8) is 0 Å². The second kappa shape index (κ2) is 6.74. The van der Waals surface area contributed by atoms with Crippen molar-refractivity contribution in [3.05, 3.63) is 40.8 Å². The molecule has 0 saturated carbocycles. The lowest BCUT2D eigenvalue weighted by Crippen LogP contribution is -2.44. The number of ether oxygens (including phenoxy) is 1. The van der Waals surface area contributed by atoms with E-state index in [4.69, 9.17) is 9.15 Å². The largest absolute Gasteiger partial charge is 0.487 e. The van der Waals surface area contributed by atoms with E-state index in [0.29, 0.717) is 23.3 Å². The minimum Gasteiger partial charge on any atom is -0.487 e. The summed E-state index contributed by atoms with van der Waals surface area (Å²) in [4.78, 5) is 14.6. The molecule has 3 rings (SSSR count). The van der Waals surface area contributed by atoms with Gasteiger partial charge in [0.15, 0.2) is 0 Å². The summed E-state index contributed by atoms with van der Waals surface area (Å²) in [5.74, 6) is 0.300. The van der Waals surface area contributed by atoms with Gasteiger partial charge in [-0.3, -0.25) is 4.79 Å². The molecular weight excluding hydrogens is 268 g/mol. The van der Waals surface area contributed by atoms with Crippen LogP contribution in [0, 0.1) is 0 Å². The minimum absolute atomic E-state index is 0.0981. The van der Waals surface area contributed by atoms with Crippen molar-refractivity contribution in [1.29, 1.82) is 0 Å². The molecule has 2 heterocycles. The first-order chi connectivity index (χ1) is 10.3. The molecule has 0 spiro atoms. The molecule has 21 heavy (non-hydrogen) atoms. The van der Waals surface area contributed by atoms with Crippen molar-refractivity contribution in [2.45, 2.75) is 6.42 Å². The Kier molecular flexibility index (Phi) is 4.52. The van der Waals surface area contributed by atoms with Gasteiger partial charge in [-0.25, -0.2) is 0 Å². The molecule has 0 aliphatic carbocycles. The van der Waals surface area contributed by atoms with E-state index in [2.05, 4.69) is 10.2 Å². The van der Waals surface area contributed by atoms with E-state index in [1.807, 2.05) is 12.1 Å². The third-order valence-corrected chi connectivity index (χ3v) is 3.73. The normalized spacial score (nSPS) is 16.2. The second-order valence-corrected chi connectivity index (χ2v) is 5.22. The molecule has 1 fully saturated rings. The molecule has 1 aliphatic rings. The molecular formula is C16H20N2O3. The van der Waals surface area contributed by atoms with Crippen LogP contribution in [0.2, 0.25) is 0 Å². The summed E-state index contributed by atoms with van der Waals surface area (Å²) in [6.07, 6.45) is 2.32. The van der Waals surface area contributed by atoms with Crippen LogP contribution in [0.1, 0.15) is 6.42 Å². The molecule has 1 aromatic carbocycles. The molecule has 1 saturated heterocycles. The number of para-hydroxylation sites is 1. The van der Waals surface area contributed by atoms with Crippen molar-refractivity contribution in [1.82, 2.24) is 10.2 Å². The SMILES string of the molecule is O=c1c(OCCCN2CCNCC2)coc2ccccc12. The van der Waals surface area contributed by atoms with Gasteiger partial charge in [0.1, 0.15) is 11.8 Å². The van der Waals surface area contributed by atoms with Gasteiger partial charge in [-0.15, -0.1) is 0 Å². The van der Waals surface area contributed by atoms with Crippen LogP contribution in [-0.4, -0.2) is 44.2 Å². The van der Waals surface area contributed by atoms with Crippen LogP contribution in [-0.2, 0) is 0 Å². The van der Waals surface area contributed by atoms with Gasteiger partial charge < -0.3 is 19.4 Å². The summed E-state index contributed by atoms with van der Waals surface area (Å²) in [5, 5.41) is 3.90. The van der Waals surface area contributed by atoms with Crippen LogP contribution in [0.5, 0.6) is 5.75 Å². The summed E-state index contributed by atoms with van der Waals surface area (Å²) >= 11 is 0. The van der Waals surface area contributed by atoms with Gasteiger partial charge in [0.05, 0.1) is 12.0 Å². The van der Waals surface area contributed by atoms with Crippen molar-refractivity contribution < 1.29 is 9.15 Å². The average Bonchev–Trinajstić information content (AvgIpc) is 2.55. The number of rotatable bonds is 5. The predicted octanol–water partition coefficient (Wildman–Crippen LogP) is 1.47. The number of fused-ring (bicyclic) bond motifs is 1. The summed E-state index contributed by atoms with van der Waals surface area (Å²) in [6.45, 7) is 5.80. The van der Waals surface area contributed by atoms with Crippen molar-refractivity contribution >= 4 is 11.0 Å². The fourth-order valence-electron chi connectivity index (χ4n) is 2.56. The lowest BCUT2D eigenvalue weighted by Gasteiger charge is -2.26. The number of hydrogen-bond acceptors (Lipinski definition) is 5. The van der Waals surface area contributed by atoms with Gasteiger partial charge in [-0.2, -0.15) is 0 Å². The van der Waals surface area contributed by atoms with Crippen LogP contribution in [0.4, 0.5) is 0 Å². The zero-order chi connectivity index (χ0) is 14.5. The summed E-state index contributed by atoms with van der Waals surface area (Å²) in [7, 11) is 0. The van der Waals surface area contributed by atoms with Crippen molar-refractivity contribution in [2.24, 2.45) is 0 Å². The van der Waals surface area contributed by atoms with Gasteiger partial charge in [-0.1, -0.05) is 12.1 Å². The van der Waals surface area contributed by atoms with Crippen molar-refractivity contribution in [2.75, 3.05) is 39.3 Å². The molecule has 0 amide bonds. The third kappa shape index (κ3) is 3.43. The van der Waals surface area contributed by atoms with Gasteiger partial charge in [0.2, 0.25) is 11.2 Å². The zero-order valence-corrected chi connectivity index (χ0v) is 12.0. The van der Waals surface area contributed by atoms with Gasteiger partial charge in [0, 0.05) is 32.7 Å². The summed E-state index contributed by atoms with van der Waals surface area (Å²) in [6, 6.07) is 7.21. The Morgan fingerprint density at radius 1 is 1.24 bits per heavy atom. The first kappa shape index (κ1) is 14.1. The number of hydrogen-bond donors (Lipinski definition) is 1. The van der Waals surface area contributed by atoms with E-state index in [1.54, 1.807) is 12.1 Å². The summed E-state index contributed by atoms with van der Waals surface area (Å²) < 4.78 is 11.0. The molecule has 1 N–H and O–H groups in total. The summed E-state index contributed by atoms with van der Waals surface area (Å²) in [5.41, 5.74) is 0.495. The molecule has 5 nitrogen and oxygen atoms in total. The zero-order valence-electron chi connectivity index (χ0n) is 12.0. The van der Waals surface area contributed by atoms with Crippen LogP contribution < -0.4 is 15.5 Å². The smallest absolute Gasteiger partial charge is 0.234 e. The first-order valence-electron chi connectivity index (χ1n) is 7.41. The maximum absolute atomic E-state index is 12.2. The molecule has 0 radical (unpaired) electrons. The average molecular weight is 288 g/mol. The Morgan fingerprint density at radius 2 is 2.05 bits per heavy atom. The number of piperazine rings is 1. The number of nitrogens with one attached hydrogen (secondary N) is 1. The molecule has 0 bridgehead atoms. The standard InChI is InChI=1S/C16H20N2O3/c19-16-13-4-1-2-5-14(13)21-12-15(16)20-11-3-8-18-9-6-17-7-10-18/h1-2,4-5,12,17H,3,6-11H2. The van der Waals surface area contributed by atoms with E-state index in [9.17, 15) is 4.79 Å². The molecule has 0 atom stereocenters. The lowest BCUT2D eigenvalue weighted by atomic mass is 10.2. The number of benzene rings is 1. The molecule has 112 valence electrons. The van der Waals surface area contributed by atoms with Crippen LogP contribution in [0.3, 0.4) is 0 Å². The van der Waals surface area contributed by atoms with E-state index < -0.39 is 0 Å². The van der Waals surface area contributed by atoms with Gasteiger partial charge in [0.25, 0.3) is 0 Å². The Hall–Kier alpha value is -1.85. The van der Waals surface area contributed by atoms with Gasteiger partial charge in [-0.05, 0) is 18.6 Å². The highest BCUT2D eigenvalue weighted by Gasteiger charge is 2.10. The highest BCUT2D eigenvalue weighted by Crippen LogP contribution is 2.14. The Bertz CT molecular complexity index is 647. The quantitative estimate of drug-likeness (QED) is 0.844. The third-order valence-electron chi connectivity index (χ3n) is 3.73. The minimum atomic E-state index is -0.0981. The van der Waals surface area contributed by atoms with Crippen LogP contribution >= 0.6 is 0 Å². The van der Waals surface area contributed by atoms with Crippen LogP contribution in [0.15, 0.2) is 39.7 Å². The fraction of sp³-hybridized carbons (Fsp3) is 0.438. The lowest BCUT2D eigenvalue weighted by molar-refractivity contribution is 0.212. The van der Waals surface area contributed by atoms with Crippen LogP contribution in [0.25, 0.3) is 11.0 Å². The molecule has 2 aromatic rings. The van der Waals surface area contributed by atoms with Crippen molar-refractivity contribution in [3.8, 4) is 5.75 Å². The molecule has 5 heteroatoms. The molecule has 1 aromatic heterocycles. The van der Waals surface area contributed by atoms with E-state index in [0.717, 1.165) is 39.1 Å². The highest BCUT2D eigenvalue weighted by molar-refractivity contribution is 5.77. The maximum Gasteiger partial charge on any atom is 0.234 e. The maximum atomic E-state index is 12.2. The van der Waals surface area contributed by atoms with Gasteiger partial charge >= 0.3 is 0 Å². The highest BCUT2D eigenvalue weighted by atomic mass is 16.5. The van der Waals surface area contributed by atoms with E-state index in [1.165, 1.54) is 6.26 Å². The topological polar surface area (TPSA) is 54.7 Å². The monoisotopic (exact) mass is 288 g/mol. The molecule has 0 unspecified atom stereocenters. The fourth-order valence-corrected chi connectivity index (χ4v) is 2.56. The van der Waals surface area contributed by atoms with E-state index in [-0.39, 0.29) is 5.43 Å². The Balaban J connectivity index is 1.55. The number of nitrogens with zero attached hydrogens (tertiary/aromatic N) is 1. The van der Waals surface area contributed by atoms with E-state index >= 15 is 0 Å². The Morgan fingerprint density at radius 3 is 2.90 bits per heavy atom. The Labute approximate surface area is 123 Å². The first-order valence-corrected chi connectivity index (χ1v) is 7.41. The predicted molar refractivity (Wildman–Crippen MR) is 81.9 cm³/mol. The second-order valence-electron chi connectivity index (χ2n) is 5.22.